The van der Waals surface area contributed by atoms with Crippen molar-refractivity contribution in [1.82, 2.24) is 0 Å². The van der Waals surface area contributed by atoms with Gasteiger partial charge in [0.15, 0.2) is 0 Å². The number of aromatic carboxylic acids is 1. The first kappa shape index (κ1) is 18.2. The number of methoxy groups -OCH3 is 1. The Morgan fingerprint density at radius 3 is 2.20 bits per heavy atom. The van der Waals surface area contributed by atoms with E-state index in [4.69, 9.17) is 14.6 Å². The number of carboxylic acids is 1. The molecule has 0 amide bonds. The molecule has 0 aliphatic heterocycles. The van der Waals surface area contributed by atoms with Gasteiger partial charge in [-0.1, -0.05) is 18.7 Å². The Labute approximate surface area is 123 Å². The van der Waals surface area contributed by atoms with Crippen LogP contribution in [0.5, 0.6) is 0 Å². The van der Waals surface area contributed by atoms with Crippen LogP contribution in [-0.2, 0) is 9.47 Å². The van der Waals surface area contributed by atoms with E-state index in [0.29, 0.717) is 0 Å². The minimum absolute atomic E-state index is 0.0473. The summed E-state index contributed by atoms with van der Waals surface area (Å²) in [6.07, 6.45) is 0. The number of carbonyl (C=O) groups is 2. The molecule has 5 nitrogen and oxygen atoms in total. The predicted octanol–water partition coefficient (Wildman–Crippen LogP) is 2.64. The first-order valence-electron chi connectivity index (χ1n) is 5.73. The number of thiol groups is 1. The molecule has 0 aromatic heterocycles. The molecule has 0 spiro atoms. The van der Waals surface area contributed by atoms with Crippen LogP contribution in [0.3, 0.4) is 0 Å². The van der Waals surface area contributed by atoms with Crippen molar-refractivity contribution in [3.8, 4) is 0 Å². The zero-order chi connectivity index (χ0) is 15.5. The number of carboxylic acid groups (broad SMARTS) is 1. The van der Waals surface area contributed by atoms with Crippen LogP contribution in [0.2, 0.25) is 0 Å². The van der Waals surface area contributed by atoms with Gasteiger partial charge in [-0.15, -0.1) is 12.6 Å². The van der Waals surface area contributed by atoms with Gasteiger partial charge in [-0.2, -0.15) is 0 Å². The first-order valence-corrected chi connectivity index (χ1v) is 6.17. The van der Waals surface area contributed by atoms with Crippen LogP contribution in [0.4, 0.5) is 0 Å². The van der Waals surface area contributed by atoms with Crippen LogP contribution in [0.25, 0.3) is 0 Å². The Kier molecular flexibility index (Phi) is 9.15. The van der Waals surface area contributed by atoms with E-state index in [2.05, 4.69) is 19.2 Å². The minimum atomic E-state index is -1.15. The van der Waals surface area contributed by atoms with Gasteiger partial charge in [0, 0.05) is 7.11 Å². The number of allylic oxidation sites excluding steroid dienone is 1. The number of ether oxygens (including phenoxy) is 2. The molecule has 20 heavy (non-hydrogen) atoms. The zero-order valence-electron chi connectivity index (χ0n) is 11.5. The van der Waals surface area contributed by atoms with Gasteiger partial charge in [0.25, 0.3) is 0 Å². The highest BCUT2D eigenvalue weighted by Crippen LogP contribution is 2.10. The van der Waals surface area contributed by atoms with Gasteiger partial charge in [0.1, 0.15) is 6.61 Å². The third-order valence-electron chi connectivity index (χ3n) is 1.90. The third kappa shape index (κ3) is 7.60. The topological polar surface area (TPSA) is 72.8 Å². The Bertz CT molecular complexity index is 466. The molecule has 0 radical (unpaired) electrons. The fraction of sp³-hybridized carbons (Fsp3) is 0.286. The highest BCUT2D eigenvalue weighted by molar-refractivity contribution is 7.84. The number of rotatable bonds is 5. The molecule has 0 fully saturated rings. The quantitative estimate of drug-likeness (QED) is 0.497. The largest absolute Gasteiger partial charge is 0.478 e. The van der Waals surface area contributed by atoms with E-state index < -0.39 is 11.9 Å². The molecule has 0 aliphatic rings. The summed E-state index contributed by atoms with van der Waals surface area (Å²) in [5, 5.41) is 8.85. The molecule has 1 N–H and O–H groups in total. The second kappa shape index (κ2) is 10.1. The normalized spacial score (nSPS) is 9.15. The number of esters is 1. The Balaban J connectivity index is 0.000000796. The summed E-state index contributed by atoms with van der Waals surface area (Å²) in [5.41, 5.74) is -0.0176. The molecule has 0 aliphatic carbocycles. The van der Waals surface area contributed by atoms with Gasteiger partial charge in [-0.3, -0.25) is 0 Å². The average molecular weight is 298 g/mol. The Morgan fingerprint density at radius 2 is 1.75 bits per heavy atom. The molecule has 1 aromatic carbocycles. The summed E-state index contributed by atoms with van der Waals surface area (Å²) in [6.45, 7) is 5.64. The second-order valence-electron chi connectivity index (χ2n) is 3.71. The summed E-state index contributed by atoms with van der Waals surface area (Å²) < 4.78 is 9.54. The van der Waals surface area contributed by atoms with Crippen molar-refractivity contribution in [2.45, 2.75) is 6.92 Å². The molecule has 0 unspecified atom stereocenters. The molecule has 0 bridgehead atoms. The van der Waals surface area contributed by atoms with Crippen LogP contribution in [0, 0.1) is 0 Å². The van der Waals surface area contributed by atoms with E-state index in [-0.39, 0.29) is 24.3 Å². The molecule has 0 atom stereocenters. The first-order chi connectivity index (χ1) is 9.40. The van der Waals surface area contributed by atoms with Crippen LogP contribution in [0.1, 0.15) is 27.6 Å². The number of hydrogen-bond acceptors (Lipinski definition) is 5. The van der Waals surface area contributed by atoms with Crippen molar-refractivity contribution >= 4 is 24.6 Å². The summed E-state index contributed by atoms with van der Waals surface area (Å²) in [7, 11) is 1.49. The average Bonchev–Trinajstić information content (AvgIpc) is 2.38. The van der Waals surface area contributed by atoms with Crippen LogP contribution in [0.15, 0.2) is 35.7 Å². The van der Waals surface area contributed by atoms with E-state index in [0.717, 1.165) is 4.91 Å². The highest BCUT2D eigenvalue weighted by atomic mass is 32.1. The lowest BCUT2D eigenvalue weighted by molar-refractivity contribution is 0.0382. The molecule has 6 heteroatoms. The predicted molar refractivity (Wildman–Crippen MR) is 79.4 cm³/mol. The fourth-order valence-corrected chi connectivity index (χ4v) is 1.14. The van der Waals surface area contributed by atoms with Crippen LogP contribution >= 0.6 is 12.6 Å². The van der Waals surface area contributed by atoms with Crippen LogP contribution < -0.4 is 0 Å². The monoisotopic (exact) mass is 298 g/mol. The minimum Gasteiger partial charge on any atom is -0.478 e. The smallest absolute Gasteiger partial charge is 0.339 e. The summed E-state index contributed by atoms with van der Waals surface area (Å²) in [4.78, 5) is 23.2. The zero-order valence-corrected chi connectivity index (χ0v) is 12.4. The maximum atomic E-state index is 11.5. The number of hydrogen-bond donors (Lipinski definition) is 2. The molecule has 0 heterocycles. The van der Waals surface area contributed by atoms with Gasteiger partial charge in [-0.05, 0) is 24.0 Å². The van der Waals surface area contributed by atoms with E-state index >= 15 is 0 Å². The van der Waals surface area contributed by atoms with E-state index in [9.17, 15) is 9.59 Å². The van der Waals surface area contributed by atoms with E-state index in [1.165, 1.54) is 19.2 Å². The van der Waals surface area contributed by atoms with Crippen molar-refractivity contribution in [2.24, 2.45) is 0 Å². The number of benzene rings is 1. The molecular formula is C14H18O5S. The lowest BCUT2D eigenvalue weighted by Gasteiger charge is -2.06. The highest BCUT2D eigenvalue weighted by Gasteiger charge is 2.16. The van der Waals surface area contributed by atoms with Gasteiger partial charge in [0.2, 0.25) is 0 Å². The summed E-state index contributed by atoms with van der Waals surface area (Å²) >= 11 is 3.77. The molecular weight excluding hydrogens is 280 g/mol. The van der Waals surface area contributed by atoms with Gasteiger partial charge < -0.3 is 14.6 Å². The van der Waals surface area contributed by atoms with Crippen molar-refractivity contribution < 1.29 is 24.2 Å². The Morgan fingerprint density at radius 1 is 1.25 bits per heavy atom. The van der Waals surface area contributed by atoms with Gasteiger partial charge >= 0.3 is 11.9 Å². The SMILES string of the molecule is C=C(C)S.COCCOC(=O)c1ccccc1C(=O)O. The number of carbonyl (C=O) groups excluding carboxylic acids is 1. The van der Waals surface area contributed by atoms with Gasteiger partial charge in [-0.25, -0.2) is 9.59 Å². The molecule has 110 valence electrons. The maximum Gasteiger partial charge on any atom is 0.339 e. The fourth-order valence-electron chi connectivity index (χ4n) is 1.14. The Hall–Kier alpha value is -1.79. The van der Waals surface area contributed by atoms with Crippen molar-refractivity contribution in [3.05, 3.63) is 46.9 Å². The van der Waals surface area contributed by atoms with Crippen molar-refractivity contribution in [1.29, 1.82) is 0 Å². The lowest BCUT2D eigenvalue weighted by Crippen LogP contribution is -2.14. The second-order valence-corrected chi connectivity index (χ2v) is 4.48. The van der Waals surface area contributed by atoms with Crippen molar-refractivity contribution in [2.75, 3.05) is 20.3 Å². The molecule has 0 saturated heterocycles. The standard InChI is InChI=1S/C11H12O5.C3H6S/c1-15-6-7-16-11(14)9-5-3-2-4-8(9)10(12)13;1-3(2)4/h2-5H,6-7H2,1H3,(H,12,13);4H,1H2,2H3. The molecule has 1 aromatic rings. The lowest BCUT2D eigenvalue weighted by atomic mass is 10.1. The summed E-state index contributed by atoms with van der Waals surface area (Å²) in [5.74, 6) is -1.81. The molecule has 0 saturated carbocycles. The van der Waals surface area contributed by atoms with Gasteiger partial charge in [0.05, 0.1) is 17.7 Å². The molecule has 1 rings (SSSR count). The third-order valence-corrected chi connectivity index (χ3v) is 1.90. The van der Waals surface area contributed by atoms with E-state index in [1.807, 2.05) is 6.92 Å². The van der Waals surface area contributed by atoms with E-state index in [1.54, 1.807) is 12.1 Å². The van der Waals surface area contributed by atoms with Crippen LogP contribution in [-0.4, -0.2) is 37.4 Å². The summed E-state index contributed by atoms with van der Waals surface area (Å²) in [6, 6.07) is 5.91. The van der Waals surface area contributed by atoms with Crippen molar-refractivity contribution in [3.63, 3.8) is 0 Å². The maximum absolute atomic E-state index is 11.5.